The first-order valence-corrected chi connectivity index (χ1v) is 8.37. The van der Waals surface area contributed by atoms with Crippen molar-refractivity contribution in [2.45, 2.75) is 77.9 Å². The van der Waals surface area contributed by atoms with E-state index in [1.807, 2.05) is 0 Å². The molecule has 1 unspecified atom stereocenters. The molecular weight excluding hydrogens is 258 g/mol. The molecule has 1 aromatic carbocycles. The first-order valence-electron chi connectivity index (χ1n) is 8.37. The molecule has 1 aliphatic carbocycles. The summed E-state index contributed by atoms with van der Waals surface area (Å²) in [6.45, 7) is 12.0. The molecule has 1 aliphatic rings. The lowest BCUT2D eigenvalue weighted by molar-refractivity contribution is 0.210. The van der Waals surface area contributed by atoms with Crippen molar-refractivity contribution < 1.29 is 4.74 Å². The first-order chi connectivity index (χ1) is 9.86. The Kier molecular flexibility index (Phi) is 5.32. The van der Waals surface area contributed by atoms with Crippen LogP contribution in [0.4, 0.5) is 0 Å². The summed E-state index contributed by atoms with van der Waals surface area (Å²) in [5.41, 5.74) is 2.79. The van der Waals surface area contributed by atoms with Gasteiger partial charge >= 0.3 is 0 Å². The van der Waals surface area contributed by atoms with Crippen molar-refractivity contribution in [3.63, 3.8) is 0 Å². The average Bonchev–Trinajstić information content (AvgIpc) is 2.91. The quantitative estimate of drug-likeness (QED) is 0.856. The molecule has 0 saturated heterocycles. The lowest BCUT2D eigenvalue weighted by atomic mass is 9.86. The smallest absolute Gasteiger partial charge is 0.122 e. The predicted octanol–water partition coefficient (Wildman–Crippen LogP) is 4.59. The van der Waals surface area contributed by atoms with E-state index < -0.39 is 0 Å². The maximum absolute atomic E-state index is 6.11. The van der Waals surface area contributed by atoms with Gasteiger partial charge in [-0.25, -0.2) is 0 Å². The van der Waals surface area contributed by atoms with E-state index in [1.54, 1.807) is 0 Å². The third kappa shape index (κ3) is 4.74. The largest absolute Gasteiger partial charge is 0.489 e. The summed E-state index contributed by atoms with van der Waals surface area (Å²) in [6.07, 6.45) is 5.61. The molecule has 118 valence electrons. The van der Waals surface area contributed by atoms with Crippen LogP contribution in [0, 0.1) is 6.92 Å². The number of benzene rings is 1. The second-order valence-electron chi connectivity index (χ2n) is 7.55. The van der Waals surface area contributed by atoms with E-state index in [0.29, 0.717) is 6.04 Å². The van der Waals surface area contributed by atoms with Gasteiger partial charge in [-0.3, -0.25) is 0 Å². The molecule has 0 heterocycles. The van der Waals surface area contributed by atoms with E-state index in [0.717, 1.165) is 12.3 Å². The van der Waals surface area contributed by atoms with Gasteiger partial charge < -0.3 is 10.1 Å². The molecule has 2 heteroatoms. The van der Waals surface area contributed by atoms with Gasteiger partial charge in [-0.2, -0.15) is 0 Å². The zero-order chi connectivity index (χ0) is 15.5. The number of aryl methyl sites for hydroxylation is 1. The molecular formula is C19H31NO. The zero-order valence-electron chi connectivity index (χ0n) is 14.3. The summed E-state index contributed by atoms with van der Waals surface area (Å²) in [4.78, 5) is 0. The summed E-state index contributed by atoms with van der Waals surface area (Å²) in [5.74, 6) is 1.02. The van der Waals surface area contributed by atoms with Gasteiger partial charge in [0.25, 0.3) is 0 Å². The number of rotatable bonds is 5. The Balaban J connectivity index is 1.89. The van der Waals surface area contributed by atoms with Crippen LogP contribution in [-0.4, -0.2) is 18.7 Å². The highest BCUT2D eigenvalue weighted by atomic mass is 16.5. The van der Waals surface area contributed by atoms with Gasteiger partial charge in [0, 0.05) is 12.6 Å². The molecule has 21 heavy (non-hydrogen) atoms. The van der Waals surface area contributed by atoms with Crippen LogP contribution < -0.4 is 10.1 Å². The topological polar surface area (TPSA) is 21.3 Å². The van der Waals surface area contributed by atoms with Crippen LogP contribution in [0.3, 0.4) is 0 Å². The van der Waals surface area contributed by atoms with Gasteiger partial charge in [-0.15, -0.1) is 0 Å². The Labute approximate surface area is 130 Å². The van der Waals surface area contributed by atoms with Gasteiger partial charge in [-0.1, -0.05) is 45.7 Å². The molecule has 0 radical (unpaired) electrons. The number of nitrogens with one attached hydrogen (secondary N) is 1. The minimum atomic E-state index is 0.193. The summed E-state index contributed by atoms with van der Waals surface area (Å²) < 4.78 is 6.11. The summed E-state index contributed by atoms with van der Waals surface area (Å²) in [7, 11) is 0. The second kappa shape index (κ2) is 6.83. The highest BCUT2D eigenvalue weighted by Crippen LogP contribution is 2.28. The second-order valence-corrected chi connectivity index (χ2v) is 7.55. The van der Waals surface area contributed by atoms with Crippen LogP contribution in [0.2, 0.25) is 0 Å². The third-order valence-corrected chi connectivity index (χ3v) is 4.42. The molecule has 1 saturated carbocycles. The van der Waals surface area contributed by atoms with Crippen LogP contribution in [0.25, 0.3) is 0 Å². The first kappa shape index (κ1) is 16.4. The summed E-state index contributed by atoms with van der Waals surface area (Å²) in [5, 5.41) is 3.63. The van der Waals surface area contributed by atoms with Gasteiger partial charge in [0.05, 0.1) is 0 Å². The fourth-order valence-electron chi connectivity index (χ4n) is 2.97. The molecule has 1 atom stereocenters. The Morgan fingerprint density at radius 2 is 1.90 bits per heavy atom. The normalized spacial score (nSPS) is 18.0. The molecule has 2 nitrogen and oxygen atoms in total. The molecule has 0 bridgehead atoms. The molecule has 1 fully saturated rings. The average molecular weight is 289 g/mol. The Bertz CT molecular complexity index is 455. The van der Waals surface area contributed by atoms with Crippen LogP contribution in [0.1, 0.15) is 64.5 Å². The Morgan fingerprint density at radius 1 is 1.24 bits per heavy atom. The van der Waals surface area contributed by atoms with Crippen molar-refractivity contribution in [1.82, 2.24) is 5.32 Å². The van der Waals surface area contributed by atoms with E-state index in [4.69, 9.17) is 4.74 Å². The monoisotopic (exact) mass is 289 g/mol. The van der Waals surface area contributed by atoms with Crippen LogP contribution in [0.5, 0.6) is 5.75 Å². The standard InChI is InChI=1S/C19H31NO/c1-14-12-16(19(3,4)5)10-11-18(14)21-15(2)13-20-17-8-6-7-9-17/h10-12,15,17,20H,6-9,13H2,1-5H3. The van der Waals surface area contributed by atoms with Crippen molar-refractivity contribution in [3.8, 4) is 5.75 Å². The number of hydrogen-bond donors (Lipinski definition) is 1. The number of hydrogen-bond acceptors (Lipinski definition) is 2. The van der Waals surface area contributed by atoms with Crippen LogP contribution >= 0.6 is 0 Å². The lowest BCUT2D eigenvalue weighted by Crippen LogP contribution is -2.35. The Hall–Kier alpha value is -1.02. The van der Waals surface area contributed by atoms with Crippen LogP contribution in [-0.2, 0) is 5.41 Å². The van der Waals surface area contributed by atoms with Gasteiger partial charge in [0.2, 0.25) is 0 Å². The molecule has 0 aliphatic heterocycles. The van der Waals surface area contributed by atoms with E-state index in [2.05, 4.69) is 58.1 Å². The third-order valence-electron chi connectivity index (χ3n) is 4.42. The molecule has 0 aromatic heterocycles. The maximum Gasteiger partial charge on any atom is 0.122 e. The fraction of sp³-hybridized carbons (Fsp3) is 0.684. The van der Waals surface area contributed by atoms with Crippen molar-refractivity contribution in [1.29, 1.82) is 0 Å². The Morgan fingerprint density at radius 3 is 2.48 bits per heavy atom. The lowest BCUT2D eigenvalue weighted by Gasteiger charge is -2.23. The zero-order valence-corrected chi connectivity index (χ0v) is 14.3. The van der Waals surface area contributed by atoms with E-state index in [-0.39, 0.29) is 11.5 Å². The van der Waals surface area contributed by atoms with Crippen molar-refractivity contribution in [3.05, 3.63) is 29.3 Å². The predicted molar refractivity (Wildman–Crippen MR) is 90.2 cm³/mol. The molecule has 2 rings (SSSR count). The van der Waals surface area contributed by atoms with Crippen molar-refractivity contribution in [2.24, 2.45) is 0 Å². The molecule has 0 amide bonds. The molecule has 1 N–H and O–H groups in total. The summed E-state index contributed by atoms with van der Waals surface area (Å²) in [6, 6.07) is 7.29. The highest BCUT2D eigenvalue weighted by Gasteiger charge is 2.17. The van der Waals surface area contributed by atoms with Gasteiger partial charge in [0.15, 0.2) is 0 Å². The fourth-order valence-corrected chi connectivity index (χ4v) is 2.97. The van der Waals surface area contributed by atoms with Gasteiger partial charge in [-0.05, 0) is 49.3 Å². The van der Waals surface area contributed by atoms with E-state index >= 15 is 0 Å². The number of ether oxygens (including phenoxy) is 1. The van der Waals surface area contributed by atoms with Gasteiger partial charge in [0.1, 0.15) is 11.9 Å². The summed E-state index contributed by atoms with van der Waals surface area (Å²) >= 11 is 0. The van der Waals surface area contributed by atoms with Crippen molar-refractivity contribution in [2.75, 3.05) is 6.54 Å². The van der Waals surface area contributed by atoms with E-state index in [9.17, 15) is 0 Å². The molecule has 0 spiro atoms. The van der Waals surface area contributed by atoms with E-state index in [1.165, 1.54) is 36.8 Å². The minimum absolute atomic E-state index is 0.193. The molecule has 1 aromatic rings. The highest BCUT2D eigenvalue weighted by molar-refractivity contribution is 5.38. The maximum atomic E-state index is 6.11. The minimum Gasteiger partial charge on any atom is -0.489 e. The van der Waals surface area contributed by atoms with Crippen LogP contribution in [0.15, 0.2) is 18.2 Å². The van der Waals surface area contributed by atoms with Crippen molar-refractivity contribution >= 4 is 0 Å². The SMILES string of the molecule is Cc1cc(C(C)(C)C)ccc1OC(C)CNC1CCCC1.